The minimum Gasteiger partial charge on any atom is -0.508 e. The zero-order chi connectivity index (χ0) is 14.7. The number of phenolic OH excluding ortho intramolecular Hbond substituents is 1. The maximum Gasteiger partial charge on any atom is 0.251 e. The Morgan fingerprint density at radius 1 is 1.14 bits per heavy atom. The van der Waals surface area contributed by atoms with Gasteiger partial charge in [-0.2, -0.15) is 0 Å². The fraction of sp³-hybridized carbons (Fsp3) is 0.235. The third-order valence-corrected chi connectivity index (χ3v) is 3.51. The van der Waals surface area contributed by atoms with Crippen molar-refractivity contribution in [2.45, 2.75) is 25.4 Å². The average Bonchev–Trinajstić information content (AvgIpc) is 3.31. The van der Waals surface area contributed by atoms with Crippen LogP contribution >= 0.6 is 0 Å². The van der Waals surface area contributed by atoms with Gasteiger partial charge in [-0.05, 0) is 37.1 Å². The lowest BCUT2D eigenvalue weighted by molar-refractivity contribution is 0.0951. The molecule has 0 unspecified atom stereocenters. The molecule has 0 saturated heterocycles. The van der Waals surface area contributed by atoms with E-state index in [4.69, 9.17) is 0 Å². The first-order valence-corrected chi connectivity index (χ1v) is 7.14. The van der Waals surface area contributed by atoms with Crippen molar-refractivity contribution in [3.63, 3.8) is 0 Å². The highest BCUT2D eigenvalue weighted by Gasteiger charge is 2.23. The van der Waals surface area contributed by atoms with Crippen molar-refractivity contribution in [1.29, 1.82) is 0 Å². The van der Waals surface area contributed by atoms with E-state index in [0.29, 0.717) is 18.2 Å². The Hall–Kier alpha value is -2.49. The summed E-state index contributed by atoms with van der Waals surface area (Å²) in [6.45, 7) is 0.514. The summed E-state index contributed by atoms with van der Waals surface area (Å²) in [4.78, 5) is 12.0. The highest BCUT2D eigenvalue weighted by Crippen LogP contribution is 2.21. The maximum atomic E-state index is 12.0. The number of nitrogens with one attached hydrogen (secondary N) is 2. The van der Waals surface area contributed by atoms with E-state index in [1.807, 2.05) is 36.4 Å². The van der Waals surface area contributed by atoms with Gasteiger partial charge in [-0.3, -0.25) is 4.79 Å². The first-order chi connectivity index (χ1) is 10.2. The van der Waals surface area contributed by atoms with E-state index in [-0.39, 0.29) is 11.7 Å². The predicted molar refractivity (Wildman–Crippen MR) is 82.4 cm³/mol. The first-order valence-electron chi connectivity index (χ1n) is 7.14. The summed E-state index contributed by atoms with van der Waals surface area (Å²) in [5.41, 5.74) is 2.34. The van der Waals surface area contributed by atoms with Crippen LogP contribution in [0.1, 0.15) is 28.8 Å². The molecule has 21 heavy (non-hydrogen) atoms. The number of hydrogen-bond acceptors (Lipinski definition) is 3. The predicted octanol–water partition coefficient (Wildman–Crippen LogP) is 2.90. The topological polar surface area (TPSA) is 61.4 Å². The Bertz CT molecular complexity index is 651. The van der Waals surface area contributed by atoms with Crippen LogP contribution in [0.4, 0.5) is 5.69 Å². The van der Waals surface area contributed by atoms with Crippen molar-refractivity contribution >= 4 is 11.6 Å². The second kappa shape index (κ2) is 5.87. The van der Waals surface area contributed by atoms with Crippen LogP contribution in [-0.4, -0.2) is 17.1 Å². The maximum absolute atomic E-state index is 12.0. The molecule has 0 atom stereocenters. The summed E-state index contributed by atoms with van der Waals surface area (Å²) in [6.07, 6.45) is 2.16. The number of phenols is 1. The molecule has 3 rings (SSSR count). The normalized spacial score (nSPS) is 13.7. The average molecular weight is 282 g/mol. The Balaban J connectivity index is 1.65. The fourth-order valence-electron chi connectivity index (χ4n) is 2.12. The van der Waals surface area contributed by atoms with Crippen molar-refractivity contribution in [2.24, 2.45) is 0 Å². The first kappa shape index (κ1) is 13.5. The van der Waals surface area contributed by atoms with Gasteiger partial charge in [0.25, 0.3) is 5.91 Å². The van der Waals surface area contributed by atoms with Crippen LogP contribution in [-0.2, 0) is 6.54 Å². The number of carbonyl (C=O) groups is 1. The second-order valence-corrected chi connectivity index (χ2v) is 5.31. The molecule has 0 heterocycles. The molecule has 1 fully saturated rings. The fourth-order valence-corrected chi connectivity index (χ4v) is 2.12. The van der Waals surface area contributed by atoms with Gasteiger partial charge in [0.2, 0.25) is 0 Å². The van der Waals surface area contributed by atoms with Gasteiger partial charge in [0.05, 0.1) is 0 Å². The van der Waals surface area contributed by atoms with E-state index in [1.165, 1.54) is 0 Å². The molecule has 2 aromatic carbocycles. The lowest BCUT2D eigenvalue weighted by Crippen LogP contribution is -2.25. The van der Waals surface area contributed by atoms with E-state index >= 15 is 0 Å². The van der Waals surface area contributed by atoms with Crippen molar-refractivity contribution in [2.75, 3.05) is 5.32 Å². The van der Waals surface area contributed by atoms with Gasteiger partial charge in [0.15, 0.2) is 0 Å². The van der Waals surface area contributed by atoms with Gasteiger partial charge in [-0.15, -0.1) is 0 Å². The number of anilines is 1. The molecular formula is C17H18N2O2. The molecule has 4 heteroatoms. The molecule has 1 aliphatic carbocycles. The van der Waals surface area contributed by atoms with Gasteiger partial charge >= 0.3 is 0 Å². The number of aromatic hydroxyl groups is 1. The van der Waals surface area contributed by atoms with E-state index in [2.05, 4.69) is 10.6 Å². The van der Waals surface area contributed by atoms with Crippen LogP contribution in [0.3, 0.4) is 0 Å². The summed E-state index contributed by atoms with van der Waals surface area (Å²) in [5, 5.41) is 15.9. The van der Waals surface area contributed by atoms with E-state index in [9.17, 15) is 9.90 Å². The standard InChI is InChI=1S/C17H18N2O2/c20-16-7-2-1-4-13(16)11-18-15-6-3-5-12(10-15)17(21)19-14-8-9-14/h1-7,10,14,18,20H,8-9,11H2,(H,19,21). The Morgan fingerprint density at radius 2 is 1.95 bits per heavy atom. The lowest BCUT2D eigenvalue weighted by atomic mass is 10.1. The van der Waals surface area contributed by atoms with Crippen LogP contribution in [0, 0.1) is 0 Å². The van der Waals surface area contributed by atoms with Crippen LogP contribution in [0.2, 0.25) is 0 Å². The molecule has 108 valence electrons. The zero-order valence-corrected chi connectivity index (χ0v) is 11.7. The third kappa shape index (κ3) is 3.54. The van der Waals surface area contributed by atoms with E-state index in [1.54, 1.807) is 12.1 Å². The van der Waals surface area contributed by atoms with Crippen LogP contribution in [0.15, 0.2) is 48.5 Å². The smallest absolute Gasteiger partial charge is 0.251 e. The summed E-state index contributed by atoms with van der Waals surface area (Å²) < 4.78 is 0. The summed E-state index contributed by atoms with van der Waals surface area (Å²) >= 11 is 0. The highest BCUT2D eigenvalue weighted by atomic mass is 16.3. The molecule has 0 aliphatic heterocycles. The number of amides is 1. The Kier molecular flexibility index (Phi) is 3.77. The Morgan fingerprint density at radius 3 is 2.71 bits per heavy atom. The Labute approximate surface area is 123 Å². The van der Waals surface area contributed by atoms with Crippen LogP contribution in [0.25, 0.3) is 0 Å². The van der Waals surface area contributed by atoms with Gasteiger partial charge < -0.3 is 15.7 Å². The minimum absolute atomic E-state index is 0.0243. The molecule has 3 N–H and O–H groups in total. The van der Waals surface area contributed by atoms with E-state index < -0.39 is 0 Å². The largest absolute Gasteiger partial charge is 0.508 e. The van der Waals surface area contributed by atoms with Gasteiger partial charge in [0.1, 0.15) is 5.75 Å². The van der Waals surface area contributed by atoms with Crippen molar-refractivity contribution in [1.82, 2.24) is 5.32 Å². The molecule has 1 aliphatic rings. The number of carbonyl (C=O) groups excluding carboxylic acids is 1. The summed E-state index contributed by atoms with van der Waals surface area (Å²) in [6, 6.07) is 15.0. The monoisotopic (exact) mass is 282 g/mol. The molecule has 0 bridgehead atoms. The molecule has 0 radical (unpaired) electrons. The molecular weight excluding hydrogens is 264 g/mol. The number of benzene rings is 2. The number of rotatable bonds is 5. The quantitative estimate of drug-likeness (QED) is 0.790. The highest BCUT2D eigenvalue weighted by molar-refractivity contribution is 5.95. The SMILES string of the molecule is O=C(NC1CC1)c1cccc(NCc2ccccc2O)c1. The van der Waals surface area contributed by atoms with Crippen LogP contribution in [0.5, 0.6) is 5.75 Å². The van der Waals surface area contributed by atoms with Crippen molar-refractivity contribution in [3.05, 3.63) is 59.7 Å². The number of para-hydroxylation sites is 1. The minimum atomic E-state index is -0.0243. The summed E-state index contributed by atoms with van der Waals surface area (Å²) in [7, 11) is 0. The van der Waals surface area contributed by atoms with E-state index in [0.717, 1.165) is 24.1 Å². The molecule has 0 aromatic heterocycles. The second-order valence-electron chi connectivity index (χ2n) is 5.31. The van der Waals surface area contributed by atoms with Gasteiger partial charge in [0, 0.05) is 29.4 Å². The van der Waals surface area contributed by atoms with Crippen molar-refractivity contribution < 1.29 is 9.90 Å². The molecule has 1 amide bonds. The lowest BCUT2D eigenvalue weighted by Gasteiger charge is -2.10. The van der Waals surface area contributed by atoms with Crippen molar-refractivity contribution in [3.8, 4) is 5.75 Å². The third-order valence-electron chi connectivity index (χ3n) is 3.51. The van der Waals surface area contributed by atoms with Gasteiger partial charge in [-0.25, -0.2) is 0 Å². The molecule has 4 nitrogen and oxygen atoms in total. The zero-order valence-electron chi connectivity index (χ0n) is 11.7. The molecule has 1 saturated carbocycles. The van der Waals surface area contributed by atoms with Crippen LogP contribution < -0.4 is 10.6 Å². The van der Waals surface area contributed by atoms with Gasteiger partial charge in [-0.1, -0.05) is 24.3 Å². The molecule has 0 spiro atoms. The number of hydrogen-bond donors (Lipinski definition) is 3. The molecule has 2 aromatic rings. The summed E-state index contributed by atoms with van der Waals surface area (Å²) in [5.74, 6) is 0.247.